The van der Waals surface area contributed by atoms with Crippen LogP contribution in [0.5, 0.6) is 11.5 Å². The van der Waals surface area contributed by atoms with Crippen LogP contribution in [-0.4, -0.2) is 43.7 Å². The monoisotopic (exact) mass is 502 g/mol. The van der Waals surface area contributed by atoms with E-state index in [2.05, 4.69) is 25.7 Å². The van der Waals surface area contributed by atoms with Crippen molar-refractivity contribution in [3.63, 3.8) is 0 Å². The van der Waals surface area contributed by atoms with Crippen LogP contribution >= 0.6 is 23.1 Å². The van der Waals surface area contributed by atoms with Gasteiger partial charge < -0.3 is 14.0 Å². The van der Waals surface area contributed by atoms with Crippen molar-refractivity contribution in [1.82, 2.24) is 25.0 Å². The predicted octanol–water partition coefficient (Wildman–Crippen LogP) is 5.08. The van der Waals surface area contributed by atoms with E-state index in [0.717, 1.165) is 17.8 Å². The first-order valence-electron chi connectivity index (χ1n) is 11.6. The van der Waals surface area contributed by atoms with E-state index in [1.807, 2.05) is 42.7 Å². The van der Waals surface area contributed by atoms with Crippen LogP contribution in [0, 0.1) is 0 Å². The number of nitrogens with zero attached hydrogens (tertiary/aromatic N) is 5. The third-order valence-electron chi connectivity index (χ3n) is 5.77. The first kappa shape index (κ1) is 24.5. The topological polar surface area (TPSA) is 104 Å². The van der Waals surface area contributed by atoms with Gasteiger partial charge in [-0.1, -0.05) is 54.5 Å². The zero-order valence-electron chi connectivity index (χ0n) is 19.7. The molecule has 2 heterocycles. The lowest BCUT2D eigenvalue weighted by molar-refractivity contribution is -0.113. The van der Waals surface area contributed by atoms with Crippen molar-refractivity contribution in [2.24, 2.45) is 0 Å². The van der Waals surface area contributed by atoms with Gasteiger partial charge in [-0.3, -0.25) is 10.1 Å². The maximum Gasteiger partial charge on any atom is 0.236 e. The highest BCUT2D eigenvalue weighted by atomic mass is 32.2. The number of hydrogen-bond donors (Lipinski definition) is 1. The van der Waals surface area contributed by atoms with E-state index < -0.39 is 0 Å². The van der Waals surface area contributed by atoms with Crippen molar-refractivity contribution in [2.45, 2.75) is 69.7 Å². The summed E-state index contributed by atoms with van der Waals surface area (Å²) in [6, 6.07) is 7.49. The average Bonchev–Trinajstić information content (AvgIpc) is 3.50. The second-order valence-corrected chi connectivity index (χ2v) is 10.1. The Labute approximate surface area is 207 Å². The van der Waals surface area contributed by atoms with Gasteiger partial charge in [-0.25, -0.2) is 0 Å². The van der Waals surface area contributed by atoms with Crippen molar-refractivity contribution >= 4 is 34.1 Å². The summed E-state index contributed by atoms with van der Waals surface area (Å²) in [6.45, 7) is 4.59. The summed E-state index contributed by atoms with van der Waals surface area (Å²) in [5.41, 5.74) is 0. The third-order valence-corrected chi connectivity index (χ3v) is 7.74. The number of benzene rings is 1. The SMILES string of the molecule is CCn1c(SCC(=O)Nc2nnc(C3CCCCC3)s2)nnc1C(C)Oc1ccccc1OC. The van der Waals surface area contributed by atoms with Gasteiger partial charge >= 0.3 is 0 Å². The Balaban J connectivity index is 1.34. The Bertz CT molecular complexity index is 1100. The minimum absolute atomic E-state index is 0.137. The Morgan fingerprint density at radius 2 is 1.94 bits per heavy atom. The summed E-state index contributed by atoms with van der Waals surface area (Å²) in [7, 11) is 1.61. The van der Waals surface area contributed by atoms with Crippen LogP contribution < -0.4 is 14.8 Å². The summed E-state index contributed by atoms with van der Waals surface area (Å²) in [4.78, 5) is 12.5. The number of rotatable bonds is 10. The molecule has 11 heteroatoms. The van der Waals surface area contributed by atoms with Gasteiger partial charge in [0, 0.05) is 12.5 Å². The molecule has 0 spiro atoms. The number of thioether (sulfide) groups is 1. The number of anilines is 1. The second-order valence-electron chi connectivity index (χ2n) is 8.11. The van der Waals surface area contributed by atoms with Gasteiger partial charge in [0.15, 0.2) is 28.6 Å². The van der Waals surface area contributed by atoms with Crippen molar-refractivity contribution in [3.05, 3.63) is 35.1 Å². The zero-order chi connectivity index (χ0) is 23.9. The first-order chi connectivity index (χ1) is 16.6. The fourth-order valence-electron chi connectivity index (χ4n) is 4.05. The summed E-state index contributed by atoms with van der Waals surface area (Å²) >= 11 is 2.83. The molecular formula is C23H30N6O3S2. The van der Waals surface area contributed by atoms with E-state index in [1.165, 1.54) is 42.4 Å². The van der Waals surface area contributed by atoms with Crippen LogP contribution in [0.3, 0.4) is 0 Å². The maximum absolute atomic E-state index is 12.5. The molecule has 3 aromatic rings. The van der Waals surface area contributed by atoms with Crippen LogP contribution in [0.2, 0.25) is 0 Å². The van der Waals surface area contributed by atoms with Crippen molar-refractivity contribution in [1.29, 1.82) is 0 Å². The molecule has 182 valence electrons. The summed E-state index contributed by atoms with van der Waals surface area (Å²) in [5.74, 6) is 2.54. The molecule has 1 unspecified atom stereocenters. The van der Waals surface area contributed by atoms with Gasteiger partial charge in [0.2, 0.25) is 11.0 Å². The molecule has 1 amide bonds. The molecule has 1 aliphatic carbocycles. The van der Waals surface area contributed by atoms with E-state index in [0.29, 0.717) is 40.1 Å². The Morgan fingerprint density at radius 3 is 2.68 bits per heavy atom. The summed E-state index contributed by atoms with van der Waals surface area (Å²) < 4.78 is 13.4. The molecule has 1 atom stereocenters. The van der Waals surface area contributed by atoms with Crippen LogP contribution in [-0.2, 0) is 11.3 Å². The van der Waals surface area contributed by atoms with Gasteiger partial charge in [-0.05, 0) is 38.8 Å². The van der Waals surface area contributed by atoms with Crippen molar-refractivity contribution in [3.8, 4) is 11.5 Å². The van der Waals surface area contributed by atoms with Crippen molar-refractivity contribution in [2.75, 3.05) is 18.2 Å². The average molecular weight is 503 g/mol. The lowest BCUT2D eigenvalue weighted by atomic mass is 9.90. The molecule has 4 rings (SSSR count). The van der Waals surface area contributed by atoms with E-state index in [-0.39, 0.29) is 17.8 Å². The molecule has 1 saturated carbocycles. The molecule has 0 aliphatic heterocycles. The molecule has 34 heavy (non-hydrogen) atoms. The molecule has 0 bridgehead atoms. The van der Waals surface area contributed by atoms with E-state index in [1.54, 1.807) is 7.11 Å². The maximum atomic E-state index is 12.5. The van der Waals surface area contributed by atoms with E-state index in [4.69, 9.17) is 9.47 Å². The molecule has 9 nitrogen and oxygen atoms in total. The van der Waals surface area contributed by atoms with E-state index >= 15 is 0 Å². The lowest BCUT2D eigenvalue weighted by Gasteiger charge is -2.18. The van der Waals surface area contributed by atoms with Gasteiger partial charge in [0.05, 0.1) is 12.9 Å². The Kier molecular flexibility index (Phi) is 8.39. The van der Waals surface area contributed by atoms with Crippen LogP contribution in [0.1, 0.15) is 68.8 Å². The molecule has 2 aromatic heterocycles. The van der Waals surface area contributed by atoms with Crippen LogP contribution in [0.25, 0.3) is 0 Å². The fourth-order valence-corrected chi connectivity index (χ4v) is 5.79. The highest BCUT2D eigenvalue weighted by Crippen LogP contribution is 2.35. The lowest BCUT2D eigenvalue weighted by Crippen LogP contribution is -2.15. The molecular weight excluding hydrogens is 472 g/mol. The number of carbonyl (C=O) groups excluding carboxylic acids is 1. The predicted molar refractivity (Wildman–Crippen MR) is 133 cm³/mol. The number of carbonyl (C=O) groups is 1. The quantitative estimate of drug-likeness (QED) is 0.383. The van der Waals surface area contributed by atoms with Crippen LogP contribution in [0.15, 0.2) is 29.4 Å². The third kappa shape index (κ3) is 5.87. The number of aromatic nitrogens is 5. The molecule has 1 N–H and O–H groups in total. The number of hydrogen-bond acceptors (Lipinski definition) is 9. The van der Waals surface area contributed by atoms with Crippen LogP contribution in [0.4, 0.5) is 5.13 Å². The molecule has 1 aliphatic rings. The summed E-state index contributed by atoms with van der Waals surface area (Å²) in [6.07, 6.45) is 5.76. The number of amides is 1. The standard InChI is InChI=1S/C23H30N6O3S2/c1-4-29-20(15(2)32-18-13-9-8-12-17(18)31-3)25-28-23(29)33-14-19(30)24-22-27-26-21(34-22)16-10-6-5-7-11-16/h8-9,12-13,15-16H,4-7,10-11,14H2,1-3H3,(H,24,27,30). The molecule has 0 saturated heterocycles. The van der Waals surface area contributed by atoms with Crippen molar-refractivity contribution < 1.29 is 14.3 Å². The molecule has 1 aromatic carbocycles. The number of ether oxygens (including phenoxy) is 2. The number of nitrogens with one attached hydrogen (secondary N) is 1. The second kappa shape index (κ2) is 11.7. The Morgan fingerprint density at radius 1 is 1.18 bits per heavy atom. The molecule has 1 fully saturated rings. The largest absolute Gasteiger partial charge is 0.493 e. The number of para-hydroxylation sites is 2. The fraction of sp³-hybridized carbons (Fsp3) is 0.522. The van der Waals surface area contributed by atoms with Gasteiger partial charge in [-0.2, -0.15) is 0 Å². The first-order valence-corrected chi connectivity index (χ1v) is 13.4. The highest BCUT2D eigenvalue weighted by molar-refractivity contribution is 7.99. The highest BCUT2D eigenvalue weighted by Gasteiger charge is 2.22. The number of methoxy groups -OCH3 is 1. The minimum atomic E-state index is -0.341. The zero-order valence-corrected chi connectivity index (χ0v) is 21.3. The Hall–Kier alpha value is -2.66. The normalized spacial score (nSPS) is 15.1. The van der Waals surface area contributed by atoms with E-state index in [9.17, 15) is 4.79 Å². The van der Waals surface area contributed by atoms with Gasteiger partial charge in [-0.15, -0.1) is 20.4 Å². The molecule has 0 radical (unpaired) electrons. The van der Waals surface area contributed by atoms with Gasteiger partial charge in [0.25, 0.3) is 0 Å². The summed E-state index contributed by atoms with van der Waals surface area (Å²) in [5, 5.41) is 22.2. The smallest absolute Gasteiger partial charge is 0.236 e. The van der Waals surface area contributed by atoms with Gasteiger partial charge in [0.1, 0.15) is 5.01 Å². The minimum Gasteiger partial charge on any atom is -0.493 e.